The number of nitrogens with two attached hydrogens (primary N) is 1. The third-order valence-electron chi connectivity index (χ3n) is 3.34. The van der Waals surface area contributed by atoms with E-state index in [-0.39, 0.29) is 24.4 Å². The first kappa shape index (κ1) is 16.8. The molecule has 0 aromatic heterocycles. The first-order valence-electron chi connectivity index (χ1n) is 6.55. The molecule has 1 amide bonds. The molecule has 0 spiro atoms. The number of hydrogen-bond acceptors (Lipinski definition) is 4. The second-order valence-electron chi connectivity index (χ2n) is 4.87. The van der Waals surface area contributed by atoms with Crippen LogP contribution in [0, 0.1) is 0 Å². The van der Waals surface area contributed by atoms with Crippen LogP contribution in [-0.4, -0.2) is 43.6 Å². The molecule has 1 aliphatic heterocycles. The van der Waals surface area contributed by atoms with Gasteiger partial charge in [0.05, 0.1) is 13.7 Å². The molecule has 1 atom stereocenters. The normalized spacial score (nSPS) is 18.4. The minimum Gasteiger partial charge on any atom is -0.496 e. The molecule has 0 saturated carbocycles. The molecule has 1 aromatic carbocycles. The van der Waals surface area contributed by atoms with E-state index in [1.165, 1.54) is 0 Å². The number of ether oxygens (including phenoxy) is 1. The standard InChI is InChI=1S/C14H21N3O2.ClH/c1-19-13-5-3-2-4-11(13)8-16-14(18)10-17-7-6-12(15)9-17;/h2-5,12H,6-10,15H2,1H3,(H,16,18);1H. The molecule has 20 heavy (non-hydrogen) atoms. The molecular formula is C14H22ClN3O2. The summed E-state index contributed by atoms with van der Waals surface area (Å²) in [5.41, 5.74) is 6.80. The van der Waals surface area contributed by atoms with E-state index in [1.54, 1.807) is 7.11 Å². The van der Waals surface area contributed by atoms with Crippen molar-refractivity contribution in [2.75, 3.05) is 26.7 Å². The highest BCUT2D eigenvalue weighted by Crippen LogP contribution is 2.16. The number of methoxy groups -OCH3 is 1. The summed E-state index contributed by atoms with van der Waals surface area (Å²) < 4.78 is 5.25. The molecule has 1 heterocycles. The van der Waals surface area contributed by atoms with Crippen molar-refractivity contribution in [3.63, 3.8) is 0 Å². The van der Waals surface area contributed by atoms with Gasteiger partial charge in [0.2, 0.25) is 5.91 Å². The number of carbonyl (C=O) groups excluding carboxylic acids is 1. The van der Waals surface area contributed by atoms with Crippen LogP contribution in [0.2, 0.25) is 0 Å². The van der Waals surface area contributed by atoms with Gasteiger partial charge in [0.15, 0.2) is 0 Å². The van der Waals surface area contributed by atoms with Crippen molar-refractivity contribution in [1.29, 1.82) is 0 Å². The van der Waals surface area contributed by atoms with Crippen molar-refractivity contribution in [2.45, 2.75) is 19.0 Å². The number of benzene rings is 1. The second-order valence-corrected chi connectivity index (χ2v) is 4.87. The van der Waals surface area contributed by atoms with Crippen LogP contribution in [0.25, 0.3) is 0 Å². The predicted octanol–water partition coefficient (Wildman–Crippen LogP) is 0.766. The molecule has 1 aromatic rings. The van der Waals surface area contributed by atoms with Gasteiger partial charge in [-0.05, 0) is 12.5 Å². The number of hydrogen-bond donors (Lipinski definition) is 2. The molecule has 1 aliphatic rings. The summed E-state index contributed by atoms with van der Waals surface area (Å²) in [6.07, 6.45) is 0.972. The van der Waals surface area contributed by atoms with Gasteiger partial charge >= 0.3 is 0 Å². The first-order valence-corrected chi connectivity index (χ1v) is 6.55. The number of para-hydroxylation sites is 1. The summed E-state index contributed by atoms with van der Waals surface area (Å²) in [7, 11) is 1.63. The number of rotatable bonds is 5. The molecule has 3 N–H and O–H groups in total. The summed E-state index contributed by atoms with van der Waals surface area (Å²) in [6, 6.07) is 7.90. The van der Waals surface area contributed by atoms with Crippen molar-refractivity contribution < 1.29 is 9.53 Å². The number of halogens is 1. The van der Waals surface area contributed by atoms with Gasteiger partial charge in [-0.25, -0.2) is 0 Å². The Hall–Kier alpha value is -1.30. The maximum absolute atomic E-state index is 11.8. The van der Waals surface area contributed by atoms with Gasteiger partial charge in [-0.2, -0.15) is 0 Å². The molecule has 112 valence electrons. The molecule has 1 fully saturated rings. The summed E-state index contributed by atoms with van der Waals surface area (Å²) in [6.45, 7) is 2.62. The van der Waals surface area contributed by atoms with E-state index < -0.39 is 0 Å². The van der Waals surface area contributed by atoms with Gasteiger partial charge in [0, 0.05) is 31.2 Å². The zero-order valence-corrected chi connectivity index (χ0v) is 12.5. The van der Waals surface area contributed by atoms with Crippen LogP contribution in [0.1, 0.15) is 12.0 Å². The third-order valence-corrected chi connectivity index (χ3v) is 3.34. The third kappa shape index (κ3) is 4.67. The lowest BCUT2D eigenvalue weighted by Crippen LogP contribution is -2.37. The highest BCUT2D eigenvalue weighted by atomic mass is 35.5. The number of carbonyl (C=O) groups is 1. The Bertz CT molecular complexity index is 442. The maximum Gasteiger partial charge on any atom is 0.234 e. The number of nitrogens with one attached hydrogen (secondary N) is 1. The van der Waals surface area contributed by atoms with Crippen molar-refractivity contribution in [2.24, 2.45) is 5.73 Å². The van der Waals surface area contributed by atoms with E-state index in [1.807, 2.05) is 24.3 Å². The largest absolute Gasteiger partial charge is 0.496 e. The molecule has 2 rings (SSSR count). The van der Waals surface area contributed by atoms with E-state index in [0.29, 0.717) is 13.1 Å². The Morgan fingerprint density at radius 1 is 1.50 bits per heavy atom. The topological polar surface area (TPSA) is 67.6 Å². The quantitative estimate of drug-likeness (QED) is 0.843. The molecule has 1 saturated heterocycles. The molecule has 0 aliphatic carbocycles. The Balaban J connectivity index is 0.00000200. The fourth-order valence-corrected chi connectivity index (χ4v) is 2.31. The van der Waals surface area contributed by atoms with Crippen LogP contribution in [0.5, 0.6) is 5.75 Å². The highest BCUT2D eigenvalue weighted by molar-refractivity contribution is 5.85. The SMILES string of the molecule is COc1ccccc1CNC(=O)CN1CCC(N)C1.Cl. The molecule has 1 unspecified atom stereocenters. The fraction of sp³-hybridized carbons (Fsp3) is 0.500. The van der Waals surface area contributed by atoms with Crippen LogP contribution < -0.4 is 15.8 Å². The van der Waals surface area contributed by atoms with Gasteiger partial charge in [-0.3, -0.25) is 9.69 Å². The monoisotopic (exact) mass is 299 g/mol. The maximum atomic E-state index is 11.8. The van der Waals surface area contributed by atoms with Gasteiger partial charge < -0.3 is 15.8 Å². The molecule has 0 bridgehead atoms. The van der Waals surface area contributed by atoms with E-state index in [0.717, 1.165) is 30.8 Å². The van der Waals surface area contributed by atoms with Gasteiger partial charge in [0.25, 0.3) is 0 Å². The molecule has 5 nitrogen and oxygen atoms in total. The molecule has 6 heteroatoms. The predicted molar refractivity (Wildman–Crippen MR) is 81.1 cm³/mol. The van der Waals surface area contributed by atoms with E-state index in [9.17, 15) is 4.79 Å². The van der Waals surface area contributed by atoms with Gasteiger partial charge in [-0.15, -0.1) is 12.4 Å². The van der Waals surface area contributed by atoms with Crippen LogP contribution in [0.3, 0.4) is 0 Å². The van der Waals surface area contributed by atoms with Crippen molar-refractivity contribution in [3.8, 4) is 5.75 Å². The Labute approximate surface area is 125 Å². The van der Waals surface area contributed by atoms with E-state index in [4.69, 9.17) is 10.5 Å². The molecular weight excluding hydrogens is 278 g/mol. The minimum atomic E-state index is 0. The summed E-state index contributed by atoms with van der Waals surface area (Å²) in [5, 5.41) is 2.91. The first-order chi connectivity index (χ1) is 9.19. The zero-order chi connectivity index (χ0) is 13.7. The lowest BCUT2D eigenvalue weighted by molar-refractivity contribution is -0.122. The zero-order valence-electron chi connectivity index (χ0n) is 11.7. The van der Waals surface area contributed by atoms with E-state index in [2.05, 4.69) is 10.2 Å². The summed E-state index contributed by atoms with van der Waals surface area (Å²) in [5.74, 6) is 0.825. The Morgan fingerprint density at radius 3 is 2.90 bits per heavy atom. The second kappa shape index (κ2) is 8.09. The van der Waals surface area contributed by atoms with E-state index >= 15 is 0 Å². The van der Waals surface area contributed by atoms with Gasteiger partial charge in [-0.1, -0.05) is 18.2 Å². The van der Waals surface area contributed by atoms with Crippen LogP contribution in [0.15, 0.2) is 24.3 Å². The Kier molecular flexibility index (Phi) is 6.78. The lowest BCUT2D eigenvalue weighted by Gasteiger charge is -2.15. The highest BCUT2D eigenvalue weighted by Gasteiger charge is 2.20. The Morgan fingerprint density at radius 2 is 2.25 bits per heavy atom. The lowest BCUT2D eigenvalue weighted by atomic mass is 10.2. The van der Waals surface area contributed by atoms with Crippen molar-refractivity contribution in [1.82, 2.24) is 10.2 Å². The van der Waals surface area contributed by atoms with Gasteiger partial charge in [0.1, 0.15) is 5.75 Å². The smallest absolute Gasteiger partial charge is 0.234 e. The van der Waals surface area contributed by atoms with Crippen LogP contribution >= 0.6 is 12.4 Å². The van der Waals surface area contributed by atoms with Crippen molar-refractivity contribution >= 4 is 18.3 Å². The number of likely N-dealkylation sites (tertiary alicyclic amines) is 1. The fourth-order valence-electron chi connectivity index (χ4n) is 2.31. The van der Waals surface area contributed by atoms with Crippen LogP contribution in [0.4, 0.5) is 0 Å². The average Bonchev–Trinajstić information content (AvgIpc) is 2.82. The molecule has 0 radical (unpaired) electrons. The average molecular weight is 300 g/mol. The minimum absolute atomic E-state index is 0. The number of nitrogens with zero attached hydrogens (tertiary/aromatic N) is 1. The number of amides is 1. The van der Waals surface area contributed by atoms with Crippen molar-refractivity contribution in [3.05, 3.63) is 29.8 Å². The summed E-state index contributed by atoms with van der Waals surface area (Å²) in [4.78, 5) is 13.9. The summed E-state index contributed by atoms with van der Waals surface area (Å²) >= 11 is 0. The van der Waals surface area contributed by atoms with Crippen LogP contribution in [-0.2, 0) is 11.3 Å².